The smallest absolute Gasteiger partial charge is 0.346 e. The molecule has 0 bridgehead atoms. The molecule has 0 aliphatic heterocycles. The number of carbonyl (C=O) groups excluding carboxylic acids is 1. The second-order valence-corrected chi connectivity index (χ2v) is 11.3. The van der Waals surface area contributed by atoms with Crippen molar-refractivity contribution < 1.29 is 19.0 Å². The predicted octanol–water partition coefficient (Wildman–Crippen LogP) is 6.20. The first-order chi connectivity index (χ1) is 16.9. The summed E-state index contributed by atoms with van der Waals surface area (Å²) in [5.41, 5.74) is 0.482. The van der Waals surface area contributed by atoms with E-state index >= 15 is 0 Å². The van der Waals surface area contributed by atoms with Crippen LogP contribution in [0.3, 0.4) is 0 Å². The minimum Gasteiger partial charge on any atom is -0.490 e. The standard InChI is InChI=1S/C25H26Br3N3O5/c1-7-35-18-10-14(19(27)20(28)21(18)36-13(2)23(33)34-6)12-29-31-22(32)16-11-15(26)8-9-17(16)30-24(31)25(3,4)5/h8-13H,7H2,1-6H3/t13-/m0/s1. The van der Waals surface area contributed by atoms with Gasteiger partial charge in [-0.15, -0.1) is 0 Å². The molecular formula is C25H26Br3N3O5. The maximum atomic E-state index is 13.4. The summed E-state index contributed by atoms with van der Waals surface area (Å²) in [5, 5.41) is 4.99. The summed E-state index contributed by atoms with van der Waals surface area (Å²) in [4.78, 5) is 30.1. The summed E-state index contributed by atoms with van der Waals surface area (Å²) < 4.78 is 19.6. The SMILES string of the molecule is CCOc1cc(C=Nn2c(C(C)(C)C)nc3ccc(Br)cc3c2=O)c(Br)c(Br)c1O[C@@H](C)C(=O)OC. The molecule has 1 atom stereocenters. The lowest BCUT2D eigenvalue weighted by atomic mass is 9.95. The van der Waals surface area contributed by atoms with Crippen molar-refractivity contribution in [3.05, 3.63) is 59.4 Å². The van der Waals surface area contributed by atoms with Crippen molar-refractivity contribution in [2.75, 3.05) is 13.7 Å². The van der Waals surface area contributed by atoms with Gasteiger partial charge in [-0.05, 0) is 70.0 Å². The molecule has 0 amide bonds. The fourth-order valence-corrected chi connectivity index (χ4v) is 4.60. The molecule has 36 heavy (non-hydrogen) atoms. The van der Waals surface area contributed by atoms with Gasteiger partial charge in [0, 0.05) is 19.9 Å². The largest absolute Gasteiger partial charge is 0.490 e. The number of nitrogens with zero attached hydrogens (tertiary/aromatic N) is 3. The van der Waals surface area contributed by atoms with Crippen LogP contribution in [0.25, 0.3) is 10.9 Å². The summed E-state index contributed by atoms with van der Waals surface area (Å²) in [6.45, 7) is 9.71. The maximum Gasteiger partial charge on any atom is 0.346 e. The molecule has 3 aromatic rings. The summed E-state index contributed by atoms with van der Waals surface area (Å²) in [6, 6.07) is 7.11. The van der Waals surface area contributed by atoms with Crippen LogP contribution in [0.2, 0.25) is 0 Å². The van der Waals surface area contributed by atoms with Crippen LogP contribution in [0.4, 0.5) is 0 Å². The van der Waals surface area contributed by atoms with Gasteiger partial charge in [0.2, 0.25) is 0 Å². The first-order valence-corrected chi connectivity index (χ1v) is 13.4. The lowest BCUT2D eigenvalue weighted by Crippen LogP contribution is -2.29. The number of fused-ring (bicyclic) bond motifs is 1. The molecule has 192 valence electrons. The molecule has 0 radical (unpaired) electrons. The zero-order valence-corrected chi connectivity index (χ0v) is 25.4. The van der Waals surface area contributed by atoms with Crippen LogP contribution in [-0.2, 0) is 14.9 Å². The second-order valence-electron chi connectivity index (χ2n) is 8.85. The van der Waals surface area contributed by atoms with Crippen molar-refractivity contribution in [2.45, 2.75) is 46.1 Å². The number of esters is 1. The van der Waals surface area contributed by atoms with Crippen LogP contribution in [0.1, 0.15) is 46.0 Å². The Bertz CT molecular complexity index is 1400. The van der Waals surface area contributed by atoms with Gasteiger partial charge in [-0.25, -0.2) is 9.78 Å². The molecular weight excluding hydrogens is 662 g/mol. The molecule has 0 aliphatic carbocycles. The molecule has 0 saturated carbocycles. The van der Waals surface area contributed by atoms with E-state index in [2.05, 4.69) is 52.9 Å². The van der Waals surface area contributed by atoms with E-state index in [1.165, 1.54) is 11.8 Å². The first-order valence-electron chi connectivity index (χ1n) is 11.1. The Kier molecular flexibility index (Phi) is 9.00. The van der Waals surface area contributed by atoms with Crippen molar-refractivity contribution in [1.29, 1.82) is 0 Å². The Morgan fingerprint density at radius 2 is 1.89 bits per heavy atom. The van der Waals surface area contributed by atoms with Gasteiger partial charge in [0.25, 0.3) is 5.56 Å². The third-order valence-corrected chi connectivity index (χ3v) is 7.71. The Morgan fingerprint density at radius 3 is 2.50 bits per heavy atom. The number of carbonyl (C=O) groups is 1. The second kappa shape index (κ2) is 11.4. The average molecular weight is 688 g/mol. The number of ether oxygens (including phenoxy) is 3. The van der Waals surface area contributed by atoms with E-state index in [1.54, 1.807) is 31.3 Å². The first kappa shape index (κ1) is 28.3. The summed E-state index contributed by atoms with van der Waals surface area (Å²) in [7, 11) is 1.30. The molecule has 11 heteroatoms. The highest BCUT2D eigenvalue weighted by atomic mass is 79.9. The summed E-state index contributed by atoms with van der Waals surface area (Å²) in [6.07, 6.45) is 0.695. The number of hydrogen-bond donors (Lipinski definition) is 0. The fraction of sp³-hybridized carbons (Fsp3) is 0.360. The molecule has 0 N–H and O–H groups in total. The third kappa shape index (κ3) is 6.00. The zero-order valence-electron chi connectivity index (χ0n) is 20.7. The molecule has 0 saturated heterocycles. The number of benzene rings is 2. The highest BCUT2D eigenvalue weighted by Crippen LogP contribution is 2.43. The molecule has 2 aromatic carbocycles. The quantitative estimate of drug-likeness (QED) is 0.217. The predicted molar refractivity (Wildman–Crippen MR) is 151 cm³/mol. The van der Waals surface area contributed by atoms with Crippen LogP contribution in [0.5, 0.6) is 11.5 Å². The van der Waals surface area contributed by atoms with Crippen LogP contribution in [0.15, 0.2) is 47.6 Å². The van der Waals surface area contributed by atoms with Gasteiger partial charge in [-0.1, -0.05) is 36.7 Å². The maximum absolute atomic E-state index is 13.4. The lowest BCUT2D eigenvalue weighted by Gasteiger charge is -2.21. The monoisotopic (exact) mass is 685 g/mol. The van der Waals surface area contributed by atoms with Gasteiger partial charge < -0.3 is 14.2 Å². The Balaban J connectivity index is 2.17. The van der Waals surface area contributed by atoms with E-state index in [4.69, 9.17) is 19.2 Å². The van der Waals surface area contributed by atoms with Gasteiger partial charge in [0.05, 0.1) is 35.3 Å². The van der Waals surface area contributed by atoms with E-state index in [0.717, 1.165) is 4.47 Å². The Labute approximate surface area is 234 Å². The number of hydrogen-bond acceptors (Lipinski definition) is 7. The third-order valence-electron chi connectivity index (χ3n) is 5.07. The molecule has 0 spiro atoms. The fourth-order valence-electron chi connectivity index (χ4n) is 3.32. The van der Waals surface area contributed by atoms with Crippen LogP contribution in [-0.4, -0.2) is 41.7 Å². The molecule has 3 rings (SSSR count). The highest BCUT2D eigenvalue weighted by molar-refractivity contribution is 9.13. The van der Waals surface area contributed by atoms with Gasteiger partial charge in [-0.3, -0.25) is 4.79 Å². The molecule has 0 fully saturated rings. The Hall–Kier alpha value is -2.24. The van der Waals surface area contributed by atoms with Crippen molar-refractivity contribution in [3.8, 4) is 11.5 Å². The highest BCUT2D eigenvalue weighted by Gasteiger charge is 2.24. The van der Waals surface area contributed by atoms with Crippen molar-refractivity contribution in [1.82, 2.24) is 9.66 Å². The van der Waals surface area contributed by atoms with Crippen LogP contribution in [0, 0.1) is 0 Å². The van der Waals surface area contributed by atoms with Gasteiger partial charge in [-0.2, -0.15) is 9.78 Å². The topological polar surface area (TPSA) is 92.0 Å². The number of methoxy groups -OCH3 is 1. The van der Waals surface area contributed by atoms with E-state index in [0.29, 0.717) is 49.3 Å². The van der Waals surface area contributed by atoms with Gasteiger partial charge in [0.15, 0.2) is 17.6 Å². The van der Waals surface area contributed by atoms with Crippen LogP contribution >= 0.6 is 47.8 Å². The van der Waals surface area contributed by atoms with Gasteiger partial charge in [0.1, 0.15) is 5.82 Å². The van der Waals surface area contributed by atoms with Crippen molar-refractivity contribution in [2.24, 2.45) is 5.10 Å². The van der Waals surface area contributed by atoms with Crippen LogP contribution < -0.4 is 15.0 Å². The van der Waals surface area contributed by atoms with Crippen molar-refractivity contribution >= 4 is 70.9 Å². The molecule has 0 unspecified atom stereocenters. The zero-order chi connectivity index (χ0) is 26.8. The minimum absolute atomic E-state index is 0.283. The molecule has 1 heterocycles. The Morgan fingerprint density at radius 1 is 1.19 bits per heavy atom. The molecule has 8 nitrogen and oxygen atoms in total. The molecule has 0 aliphatic rings. The number of rotatable bonds is 7. The lowest BCUT2D eigenvalue weighted by molar-refractivity contribution is -0.148. The van der Waals surface area contributed by atoms with E-state index in [-0.39, 0.29) is 5.56 Å². The number of aromatic nitrogens is 2. The summed E-state index contributed by atoms with van der Waals surface area (Å²) >= 11 is 10.5. The number of halogens is 3. The van der Waals surface area contributed by atoms with Gasteiger partial charge >= 0.3 is 5.97 Å². The van der Waals surface area contributed by atoms with E-state index in [9.17, 15) is 9.59 Å². The minimum atomic E-state index is -0.854. The molecule has 1 aromatic heterocycles. The summed E-state index contributed by atoms with van der Waals surface area (Å²) in [5.74, 6) is 0.735. The van der Waals surface area contributed by atoms with E-state index in [1.807, 2.05) is 33.8 Å². The van der Waals surface area contributed by atoms with Crippen molar-refractivity contribution in [3.63, 3.8) is 0 Å². The average Bonchev–Trinajstić information content (AvgIpc) is 2.82. The van der Waals surface area contributed by atoms with E-state index < -0.39 is 17.5 Å². The normalized spacial score (nSPS) is 12.7.